The third kappa shape index (κ3) is 5.21. The molecule has 0 atom stereocenters. The summed E-state index contributed by atoms with van der Waals surface area (Å²) in [5.74, 6) is 0.468. The van der Waals surface area contributed by atoms with Gasteiger partial charge in [-0.1, -0.05) is 59.2 Å². The molecule has 32 heavy (non-hydrogen) atoms. The van der Waals surface area contributed by atoms with Crippen LogP contribution in [0.2, 0.25) is 0 Å². The van der Waals surface area contributed by atoms with E-state index in [1.165, 1.54) is 0 Å². The average Bonchev–Trinajstić information content (AvgIpc) is 3.23. The molecular formula is C23H26BrN2O5P. The second-order valence-electron chi connectivity index (χ2n) is 7.60. The number of hydrogen-bond donors (Lipinski definition) is 3. The molecule has 0 saturated carbocycles. The lowest BCUT2D eigenvalue weighted by Crippen LogP contribution is -2.24. The number of carbonyl (C=O) groups excluding carboxylic acids is 1. The third-order valence-electron chi connectivity index (χ3n) is 5.81. The normalized spacial score (nSPS) is 12.0. The van der Waals surface area contributed by atoms with Gasteiger partial charge < -0.3 is 19.6 Å². The van der Waals surface area contributed by atoms with Crippen molar-refractivity contribution in [1.29, 1.82) is 0 Å². The van der Waals surface area contributed by atoms with E-state index in [0.717, 1.165) is 15.6 Å². The Kier molecular flexibility index (Phi) is 7.72. The van der Waals surface area contributed by atoms with Gasteiger partial charge in [-0.05, 0) is 49.1 Å². The van der Waals surface area contributed by atoms with Crippen molar-refractivity contribution in [1.82, 2.24) is 5.16 Å². The summed E-state index contributed by atoms with van der Waals surface area (Å²) in [5, 5.41) is 5.49. The van der Waals surface area contributed by atoms with Crippen LogP contribution < -0.4 is 5.32 Å². The van der Waals surface area contributed by atoms with Crippen molar-refractivity contribution in [2.45, 2.75) is 44.7 Å². The van der Waals surface area contributed by atoms with Crippen LogP contribution in [0.4, 0.5) is 5.69 Å². The van der Waals surface area contributed by atoms with Gasteiger partial charge in [-0.2, -0.15) is 0 Å². The van der Waals surface area contributed by atoms with Crippen LogP contribution in [0.15, 0.2) is 63.7 Å². The van der Waals surface area contributed by atoms with Crippen molar-refractivity contribution in [2.24, 2.45) is 0 Å². The average molecular weight is 521 g/mol. The van der Waals surface area contributed by atoms with Crippen LogP contribution in [0.25, 0.3) is 11.3 Å². The van der Waals surface area contributed by atoms with Gasteiger partial charge in [0.2, 0.25) is 5.91 Å². The SMILES string of the molecule is CCC(CC)(c1ccc(NC(=O)CCc2cnoc2-c2ccc(Br)cc2)cc1)P(=O)(O)O. The number of nitrogens with one attached hydrogen (secondary N) is 1. The predicted octanol–water partition coefficient (Wildman–Crippen LogP) is 5.87. The molecule has 1 heterocycles. The molecule has 7 nitrogen and oxygen atoms in total. The summed E-state index contributed by atoms with van der Waals surface area (Å²) in [6.07, 6.45) is 2.96. The molecule has 0 aliphatic heterocycles. The molecule has 3 rings (SSSR count). The number of aryl methyl sites for hydroxylation is 1. The Morgan fingerprint density at radius 2 is 1.72 bits per heavy atom. The van der Waals surface area contributed by atoms with Gasteiger partial charge in [-0.25, -0.2) is 0 Å². The van der Waals surface area contributed by atoms with Crippen LogP contribution in [0.3, 0.4) is 0 Å². The summed E-state index contributed by atoms with van der Waals surface area (Å²) >= 11 is 3.40. The van der Waals surface area contributed by atoms with E-state index in [-0.39, 0.29) is 12.3 Å². The number of aromatic nitrogens is 1. The van der Waals surface area contributed by atoms with E-state index < -0.39 is 12.8 Å². The van der Waals surface area contributed by atoms with Crippen molar-refractivity contribution < 1.29 is 23.7 Å². The maximum absolute atomic E-state index is 12.5. The van der Waals surface area contributed by atoms with Gasteiger partial charge in [0.1, 0.15) is 0 Å². The van der Waals surface area contributed by atoms with E-state index in [1.54, 1.807) is 44.3 Å². The molecule has 170 valence electrons. The van der Waals surface area contributed by atoms with Crippen molar-refractivity contribution >= 4 is 35.1 Å². The first kappa shape index (κ1) is 24.4. The fourth-order valence-corrected chi connectivity index (χ4v) is 5.42. The van der Waals surface area contributed by atoms with E-state index in [4.69, 9.17) is 4.52 Å². The van der Waals surface area contributed by atoms with Crippen molar-refractivity contribution in [3.05, 3.63) is 70.3 Å². The zero-order valence-corrected chi connectivity index (χ0v) is 20.4. The first-order chi connectivity index (χ1) is 15.2. The minimum Gasteiger partial charge on any atom is -0.356 e. The first-order valence-electron chi connectivity index (χ1n) is 10.4. The molecule has 2 aromatic carbocycles. The fraction of sp³-hybridized carbons (Fsp3) is 0.304. The number of anilines is 1. The minimum absolute atomic E-state index is 0.173. The number of benzene rings is 2. The quantitative estimate of drug-likeness (QED) is 0.304. The molecule has 0 aliphatic rings. The zero-order valence-electron chi connectivity index (χ0n) is 17.9. The topological polar surface area (TPSA) is 113 Å². The van der Waals surface area contributed by atoms with Crippen LogP contribution >= 0.6 is 23.5 Å². The molecule has 9 heteroatoms. The highest BCUT2D eigenvalue weighted by Gasteiger charge is 2.45. The molecule has 0 spiro atoms. The zero-order chi connectivity index (χ0) is 23.4. The van der Waals surface area contributed by atoms with Crippen LogP contribution in [0.5, 0.6) is 0 Å². The molecule has 0 bridgehead atoms. The lowest BCUT2D eigenvalue weighted by atomic mass is 9.92. The Morgan fingerprint density at radius 3 is 2.28 bits per heavy atom. The van der Waals surface area contributed by atoms with Gasteiger partial charge in [0.25, 0.3) is 0 Å². The molecule has 0 radical (unpaired) electrons. The summed E-state index contributed by atoms with van der Waals surface area (Å²) in [5.41, 5.74) is 2.87. The van der Waals surface area contributed by atoms with Crippen molar-refractivity contribution in [2.75, 3.05) is 5.32 Å². The van der Waals surface area contributed by atoms with Crippen LogP contribution in [0.1, 0.15) is 44.2 Å². The number of halogens is 1. The van der Waals surface area contributed by atoms with Gasteiger partial charge in [0.05, 0.1) is 11.4 Å². The number of amides is 1. The van der Waals surface area contributed by atoms with Gasteiger partial charge in [0, 0.05) is 27.7 Å². The minimum atomic E-state index is -4.35. The monoisotopic (exact) mass is 520 g/mol. The third-order valence-corrected chi connectivity index (χ3v) is 8.34. The molecular weight excluding hydrogens is 495 g/mol. The second kappa shape index (κ2) is 10.1. The van der Waals surface area contributed by atoms with E-state index in [9.17, 15) is 19.1 Å². The van der Waals surface area contributed by atoms with E-state index in [2.05, 4.69) is 26.4 Å². The molecule has 0 fully saturated rings. The summed E-state index contributed by atoms with van der Waals surface area (Å²) in [6.45, 7) is 3.54. The molecule has 3 N–H and O–H groups in total. The largest absolute Gasteiger partial charge is 0.356 e. The van der Waals surface area contributed by atoms with Gasteiger partial charge in [-0.3, -0.25) is 9.36 Å². The molecule has 0 aliphatic carbocycles. The Hall–Kier alpha value is -2.25. The Bertz CT molecular complexity index is 1100. The Morgan fingerprint density at radius 1 is 1.09 bits per heavy atom. The Balaban J connectivity index is 1.65. The molecule has 1 amide bonds. The maximum Gasteiger partial charge on any atom is 0.335 e. The number of hydrogen-bond acceptors (Lipinski definition) is 4. The van der Waals surface area contributed by atoms with Crippen LogP contribution in [-0.2, 0) is 20.9 Å². The number of nitrogens with zero attached hydrogens (tertiary/aromatic N) is 1. The van der Waals surface area contributed by atoms with Crippen molar-refractivity contribution in [3.63, 3.8) is 0 Å². The molecule has 1 aromatic heterocycles. The maximum atomic E-state index is 12.5. The van der Waals surface area contributed by atoms with Gasteiger partial charge >= 0.3 is 7.60 Å². The fourth-order valence-electron chi connectivity index (χ4n) is 3.85. The highest BCUT2D eigenvalue weighted by molar-refractivity contribution is 9.10. The van der Waals surface area contributed by atoms with E-state index in [0.29, 0.717) is 36.3 Å². The highest BCUT2D eigenvalue weighted by Crippen LogP contribution is 2.60. The molecule has 0 saturated heterocycles. The molecule has 3 aromatic rings. The highest BCUT2D eigenvalue weighted by atomic mass is 79.9. The van der Waals surface area contributed by atoms with Crippen molar-refractivity contribution in [3.8, 4) is 11.3 Å². The molecule has 0 unspecified atom stereocenters. The lowest BCUT2D eigenvalue weighted by Gasteiger charge is -2.33. The standard InChI is InChI=1S/C23H26BrN2O5P/c1-3-23(4-2,32(28,29)30)18-8-12-20(13-9-18)26-21(27)14-7-17-15-25-31-22(17)16-5-10-19(24)11-6-16/h5-6,8-13,15H,3-4,7,14H2,1-2H3,(H,26,27)(H2,28,29,30). The van der Waals surface area contributed by atoms with Gasteiger partial charge in [0.15, 0.2) is 5.76 Å². The smallest absolute Gasteiger partial charge is 0.335 e. The summed E-state index contributed by atoms with van der Waals surface area (Å²) in [7, 11) is -4.35. The predicted molar refractivity (Wildman–Crippen MR) is 127 cm³/mol. The van der Waals surface area contributed by atoms with Crippen LogP contribution in [-0.4, -0.2) is 20.9 Å². The Labute approximate surface area is 195 Å². The van der Waals surface area contributed by atoms with E-state index >= 15 is 0 Å². The van der Waals surface area contributed by atoms with Crippen LogP contribution in [0, 0.1) is 0 Å². The second-order valence-corrected chi connectivity index (χ2v) is 10.5. The van der Waals surface area contributed by atoms with Gasteiger partial charge in [-0.15, -0.1) is 0 Å². The summed E-state index contributed by atoms with van der Waals surface area (Å²) < 4.78 is 18.5. The number of rotatable bonds is 9. The lowest BCUT2D eigenvalue weighted by molar-refractivity contribution is -0.116. The van der Waals surface area contributed by atoms with E-state index in [1.807, 2.05) is 24.3 Å². The number of carbonyl (C=O) groups is 1. The summed E-state index contributed by atoms with van der Waals surface area (Å²) in [4.78, 5) is 32.3. The first-order valence-corrected chi connectivity index (χ1v) is 12.8. The summed E-state index contributed by atoms with van der Waals surface area (Å²) in [6, 6.07) is 14.4.